The number of carbonyl (C=O) groups is 1. The molecule has 122 valence electrons. The monoisotopic (exact) mass is 308 g/mol. The molecule has 3 unspecified atom stereocenters. The normalized spacial score (nSPS) is 31.2. The lowest BCUT2D eigenvalue weighted by molar-refractivity contribution is -0.180. The van der Waals surface area contributed by atoms with Crippen molar-refractivity contribution in [1.29, 1.82) is 0 Å². The Balaban J connectivity index is 1.84. The number of hydrogen-bond donors (Lipinski definition) is 2. The quantitative estimate of drug-likeness (QED) is 0.831. The van der Waals surface area contributed by atoms with Gasteiger partial charge in [0.15, 0.2) is 0 Å². The Morgan fingerprint density at radius 3 is 2.62 bits per heavy atom. The highest BCUT2D eigenvalue weighted by Gasteiger charge is 2.43. The Hall–Kier alpha value is -0.820. The minimum Gasteiger partial charge on any atom is -0.396 e. The molecule has 2 rings (SSSR count). The van der Waals surface area contributed by atoms with Crippen molar-refractivity contribution in [2.75, 3.05) is 26.2 Å². The van der Waals surface area contributed by atoms with Crippen LogP contribution in [0.4, 0.5) is 13.2 Å². The summed E-state index contributed by atoms with van der Waals surface area (Å²) in [5, 5.41) is 11.7. The van der Waals surface area contributed by atoms with Crippen LogP contribution in [0.2, 0.25) is 0 Å². The average Bonchev–Trinajstić information content (AvgIpc) is 2.46. The van der Waals surface area contributed by atoms with Crippen molar-refractivity contribution < 1.29 is 23.1 Å². The molecule has 2 aliphatic rings. The third-order valence-electron chi connectivity index (χ3n) is 4.54. The number of aliphatic hydroxyl groups is 1. The minimum atomic E-state index is -4.18. The molecule has 0 radical (unpaired) electrons. The molecule has 0 aliphatic carbocycles. The molecule has 2 fully saturated rings. The van der Waals surface area contributed by atoms with Crippen LogP contribution in [0, 0.1) is 11.8 Å². The van der Waals surface area contributed by atoms with E-state index in [0.29, 0.717) is 25.4 Å². The summed E-state index contributed by atoms with van der Waals surface area (Å²) in [6, 6.07) is -0.489. The molecule has 2 N–H and O–H groups in total. The van der Waals surface area contributed by atoms with Gasteiger partial charge in [0.2, 0.25) is 5.91 Å². The lowest BCUT2D eigenvalue weighted by Gasteiger charge is -2.37. The first-order valence-electron chi connectivity index (χ1n) is 7.61. The van der Waals surface area contributed by atoms with Crippen LogP contribution in [-0.2, 0) is 4.79 Å². The molecule has 2 heterocycles. The van der Waals surface area contributed by atoms with E-state index >= 15 is 0 Å². The molecule has 0 spiro atoms. The zero-order valence-corrected chi connectivity index (χ0v) is 12.0. The molecule has 0 aromatic carbocycles. The summed E-state index contributed by atoms with van der Waals surface area (Å²) < 4.78 is 37.8. The van der Waals surface area contributed by atoms with Crippen LogP contribution < -0.4 is 5.32 Å². The van der Waals surface area contributed by atoms with Crippen molar-refractivity contribution in [1.82, 2.24) is 10.2 Å². The first kappa shape index (κ1) is 16.5. The summed E-state index contributed by atoms with van der Waals surface area (Å²) >= 11 is 0. The highest BCUT2D eigenvalue weighted by Crippen LogP contribution is 2.32. The first-order chi connectivity index (χ1) is 9.91. The number of piperidine rings is 2. The highest BCUT2D eigenvalue weighted by atomic mass is 19.4. The number of hydrogen-bond acceptors (Lipinski definition) is 3. The van der Waals surface area contributed by atoms with Crippen molar-refractivity contribution in [3.63, 3.8) is 0 Å². The van der Waals surface area contributed by atoms with Crippen LogP contribution in [0.5, 0.6) is 0 Å². The van der Waals surface area contributed by atoms with E-state index in [9.17, 15) is 18.0 Å². The van der Waals surface area contributed by atoms with Crippen LogP contribution in [0.25, 0.3) is 0 Å². The number of likely N-dealkylation sites (tertiary alicyclic amines) is 1. The summed E-state index contributed by atoms with van der Waals surface area (Å²) in [7, 11) is 0. The number of alkyl halides is 3. The number of rotatable bonds is 3. The Kier molecular flexibility index (Phi) is 5.48. The average molecular weight is 308 g/mol. The fraction of sp³-hybridized carbons (Fsp3) is 0.929. The molecule has 4 nitrogen and oxygen atoms in total. The minimum absolute atomic E-state index is 0.0147. The van der Waals surface area contributed by atoms with Gasteiger partial charge in [-0.1, -0.05) is 0 Å². The predicted octanol–water partition coefficient (Wildman–Crippen LogP) is 1.54. The molecule has 0 bridgehead atoms. The van der Waals surface area contributed by atoms with Crippen LogP contribution in [0.3, 0.4) is 0 Å². The number of carbonyl (C=O) groups excluding carboxylic acids is 1. The third-order valence-corrected chi connectivity index (χ3v) is 4.54. The maximum absolute atomic E-state index is 12.6. The van der Waals surface area contributed by atoms with E-state index in [1.165, 1.54) is 0 Å². The van der Waals surface area contributed by atoms with Gasteiger partial charge < -0.3 is 15.3 Å². The second-order valence-corrected chi connectivity index (χ2v) is 6.08. The van der Waals surface area contributed by atoms with E-state index in [2.05, 4.69) is 5.32 Å². The van der Waals surface area contributed by atoms with Crippen LogP contribution in [-0.4, -0.2) is 54.4 Å². The molecule has 1 amide bonds. The van der Waals surface area contributed by atoms with E-state index in [1.54, 1.807) is 4.90 Å². The van der Waals surface area contributed by atoms with Gasteiger partial charge in [0.25, 0.3) is 0 Å². The maximum atomic E-state index is 12.6. The molecule has 7 heteroatoms. The van der Waals surface area contributed by atoms with Crippen molar-refractivity contribution in [3.8, 4) is 0 Å². The largest absolute Gasteiger partial charge is 0.396 e. The van der Waals surface area contributed by atoms with Gasteiger partial charge in [-0.05, 0) is 38.0 Å². The lowest BCUT2D eigenvalue weighted by Crippen LogP contribution is -2.54. The molecule has 3 atom stereocenters. The van der Waals surface area contributed by atoms with Crippen molar-refractivity contribution in [3.05, 3.63) is 0 Å². The Morgan fingerprint density at radius 1 is 1.29 bits per heavy atom. The maximum Gasteiger partial charge on any atom is 0.393 e. The van der Waals surface area contributed by atoms with Gasteiger partial charge in [-0.25, -0.2) is 0 Å². The number of nitrogens with zero attached hydrogens (tertiary/aromatic N) is 1. The van der Waals surface area contributed by atoms with Crippen LogP contribution in [0.15, 0.2) is 0 Å². The van der Waals surface area contributed by atoms with E-state index in [4.69, 9.17) is 5.11 Å². The summed E-state index contributed by atoms with van der Waals surface area (Å²) in [5.74, 6) is -1.12. The van der Waals surface area contributed by atoms with Gasteiger partial charge >= 0.3 is 6.18 Å². The number of halogens is 3. The number of aliphatic hydroxyl groups excluding tert-OH is 1. The Labute approximate surface area is 122 Å². The Bertz CT molecular complexity index is 353. The molecular formula is C14H23F3N2O2. The molecule has 21 heavy (non-hydrogen) atoms. The summed E-state index contributed by atoms with van der Waals surface area (Å²) in [6.45, 7) is 1.22. The molecule has 0 saturated carbocycles. The second-order valence-electron chi connectivity index (χ2n) is 6.08. The predicted molar refractivity (Wildman–Crippen MR) is 71.6 cm³/mol. The zero-order chi connectivity index (χ0) is 15.5. The molecule has 0 aromatic heterocycles. The Morgan fingerprint density at radius 2 is 2.05 bits per heavy atom. The van der Waals surface area contributed by atoms with E-state index < -0.39 is 18.1 Å². The first-order valence-corrected chi connectivity index (χ1v) is 7.61. The fourth-order valence-corrected chi connectivity index (χ4v) is 3.25. The van der Waals surface area contributed by atoms with Gasteiger partial charge in [-0.15, -0.1) is 0 Å². The van der Waals surface area contributed by atoms with Gasteiger partial charge in [0.1, 0.15) is 0 Å². The smallest absolute Gasteiger partial charge is 0.393 e. The summed E-state index contributed by atoms with van der Waals surface area (Å²) in [6.07, 6.45) is -1.35. The van der Waals surface area contributed by atoms with Crippen LogP contribution in [0.1, 0.15) is 32.1 Å². The molecule has 2 aliphatic heterocycles. The van der Waals surface area contributed by atoms with Gasteiger partial charge in [-0.2, -0.15) is 13.2 Å². The summed E-state index contributed by atoms with van der Waals surface area (Å²) in [4.78, 5) is 14.1. The summed E-state index contributed by atoms with van der Waals surface area (Å²) in [5.41, 5.74) is 0. The van der Waals surface area contributed by atoms with E-state index in [0.717, 1.165) is 12.8 Å². The second kappa shape index (κ2) is 6.96. The van der Waals surface area contributed by atoms with Crippen molar-refractivity contribution in [2.45, 2.75) is 44.3 Å². The zero-order valence-electron chi connectivity index (χ0n) is 12.0. The van der Waals surface area contributed by atoms with Crippen LogP contribution >= 0.6 is 0 Å². The number of nitrogens with one attached hydrogen (secondary N) is 1. The van der Waals surface area contributed by atoms with Gasteiger partial charge in [-0.3, -0.25) is 4.79 Å². The topological polar surface area (TPSA) is 52.6 Å². The van der Waals surface area contributed by atoms with Gasteiger partial charge in [0.05, 0.1) is 12.0 Å². The van der Waals surface area contributed by atoms with E-state index in [-0.39, 0.29) is 31.9 Å². The molecular weight excluding hydrogens is 285 g/mol. The van der Waals surface area contributed by atoms with Crippen molar-refractivity contribution in [2.24, 2.45) is 11.8 Å². The third kappa shape index (κ3) is 4.32. The van der Waals surface area contributed by atoms with Crippen molar-refractivity contribution >= 4 is 5.91 Å². The standard InChI is InChI=1S/C14H23F3N2O2/c15-14(16,17)11-3-4-12(18-8-11)13(21)19-6-1-2-10(9-19)5-7-20/h10-12,18,20H,1-9H2. The highest BCUT2D eigenvalue weighted by molar-refractivity contribution is 5.82. The number of amides is 1. The molecule has 2 saturated heterocycles. The SMILES string of the molecule is O=C(C1CCC(C(F)(F)F)CN1)N1CCCC(CCO)C1. The van der Waals surface area contributed by atoms with E-state index in [1.807, 2.05) is 0 Å². The lowest BCUT2D eigenvalue weighted by atomic mass is 9.91. The molecule has 0 aromatic rings. The van der Waals surface area contributed by atoms with Gasteiger partial charge in [0, 0.05) is 26.2 Å². The fourth-order valence-electron chi connectivity index (χ4n) is 3.25.